The molecule has 0 aromatic heterocycles. The van der Waals surface area contributed by atoms with Crippen molar-refractivity contribution in [3.05, 3.63) is 65.5 Å². The molecule has 2 aromatic carbocycles. The van der Waals surface area contributed by atoms with Gasteiger partial charge in [0, 0.05) is 35.0 Å². The number of benzene rings is 2. The van der Waals surface area contributed by atoms with Crippen molar-refractivity contribution < 1.29 is 13.7 Å². The van der Waals surface area contributed by atoms with E-state index in [1.54, 1.807) is 25.3 Å². The Kier molecular flexibility index (Phi) is 5.45. The first-order valence-electron chi connectivity index (χ1n) is 7.00. The van der Waals surface area contributed by atoms with Crippen molar-refractivity contribution in [2.24, 2.45) is 0 Å². The van der Waals surface area contributed by atoms with Crippen molar-refractivity contribution in [3.63, 3.8) is 0 Å². The summed E-state index contributed by atoms with van der Waals surface area (Å²) in [5.41, 5.74) is 0.640. The van der Waals surface area contributed by atoms with Crippen LogP contribution in [0.3, 0.4) is 0 Å². The third-order valence-corrected chi connectivity index (χ3v) is 4.46. The molecule has 0 spiro atoms. The molecule has 0 bridgehead atoms. The van der Waals surface area contributed by atoms with Crippen LogP contribution in [0, 0.1) is 5.82 Å². The van der Waals surface area contributed by atoms with Crippen LogP contribution in [0.2, 0.25) is 0 Å². The molecule has 0 saturated carbocycles. The fraction of sp³-hybridized carbons (Fsp3) is 0.294. The number of rotatable bonds is 6. The molecular weight excluding hydrogens is 301 g/mol. The Balaban J connectivity index is 1.92. The first kappa shape index (κ1) is 16.8. The molecule has 0 aliphatic carbocycles. The summed E-state index contributed by atoms with van der Waals surface area (Å²) in [6.07, 6.45) is 1.65. The Morgan fingerprint density at radius 2 is 1.73 bits per heavy atom. The van der Waals surface area contributed by atoms with Crippen molar-refractivity contribution >= 4 is 10.8 Å². The van der Waals surface area contributed by atoms with E-state index < -0.39 is 16.4 Å². The van der Waals surface area contributed by atoms with Crippen molar-refractivity contribution in [3.8, 4) is 0 Å². The number of nitrogens with one attached hydrogen (secondary N) is 1. The SMILES string of the molecule is CS(=O)c1ccc(CNCC(C)(O)c2ccc(F)cc2)cc1. The summed E-state index contributed by atoms with van der Waals surface area (Å²) < 4.78 is 24.2. The second kappa shape index (κ2) is 7.13. The molecule has 2 atom stereocenters. The lowest BCUT2D eigenvalue weighted by Crippen LogP contribution is -2.35. The maximum absolute atomic E-state index is 12.9. The predicted octanol–water partition coefficient (Wildman–Crippen LogP) is 2.56. The third kappa shape index (κ3) is 4.47. The molecule has 2 aromatic rings. The lowest BCUT2D eigenvalue weighted by molar-refractivity contribution is 0.0566. The summed E-state index contributed by atoms with van der Waals surface area (Å²) in [6, 6.07) is 13.4. The molecule has 2 unspecified atom stereocenters. The fourth-order valence-electron chi connectivity index (χ4n) is 2.16. The number of aliphatic hydroxyl groups is 1. The van der Waals surface area contributed by atoms with Gasteiger partial charge in [0.1, 0.15) is 5.82 Å². The number of hydrogen-bond donors (Lipinski definition) is 2. The fourth-order valence-corrected chi connectivity index (χ4v) is 2.68. The second-order valence-corrected chi connectivity index (χ2v) is 6.86. The van der Waals surface area contributed by atoms with Crippen LogP contribution in [-0.2, 0) is 22.9 Å². The molecular formula is C17H20FNO2S. The Morgan fingerprint density at radius 3 is 2.27 bits per heavy atom. The lowest BCUT2D eigenvalue weighted by atomic mass is 9.96. The zero-order chi connectivity index (χ0) is 16.2. The third-order valence-electron chi connectivity index (χ3n) is 3.52. The Morgan fingerprint density at radius 1 is 1.14 bits per heavy atom. The highest BCUT2D eigenvalue weighted by molar-refractivity contribution is 7.84. The number of halogens is 1. The minimum absolute atomic E-state index is 0.319. The molecule has 22 heavy (non-hydrogen) atoms. The summed E-state index contributed by atoms with van der Waals surface area (Å²) in [7, 11) is -0.975. The summed E-state index contributed by atoms with van der Waals surface area (Å²) in [5.74, 6) is -0.319. The van der Waals surface area contributed by atoms with Crippen molar-refractivity contribution in [2.45, 2.75) is 24.0 Å². The highest BCUT2D eigenvalue weighted by Crippen LogP contribution is 2.20. The zero-order valence-corrected chi connectivity index (χ0v) is 13.5. The quantitative estimate of drug-likeness (QED) is 0.860. The minimum atomic E-state index is -1.07. The smallest absolute Gasteiger partial charge is 0.123 e. The van der Waals surface area contributed by atoms with Gasteiger partial charge in [0.05, 0.1) is 5.60 Å². The summed E-state index contributed by atoms with van der Waals surface area (Å²) in [6.45, 7) is 2.63. The van der Waals surface area contributed by atoms with Gasteiger partial charge in [-0.25, -0.2) is 4.39 Å². The molecule has 0 amide bonds. The van der Waals surface area contributed by atoms with Crippen LogP contribution >= 0.6 is 0 Å². The molecule has 0 radical (unpaired) electrons. The lowest BCUT2D eigenvalue weighted by Gasteiger charge is -2.24. The summed E-state index contributed by atoms with van der Waals surface area (Å²) in [5, 5.41) is 13.6. The van der Waals surface area contributed by atoms with Gasteiger partial charge in [-0.1, -0.05) is 24.3 Å². The van der Waals surface area contributed by atoms with Crippen LogP contribution in [0.25, 0.3) is 0 Å². The van der Waals surface area contributed by atoms with Gasteiger partial charge in [-0.2, -0.15) is 0 Å². The monoisotopic (exact) mass is 321 g/mol. The van der Waals surface area contributed by atoms with Gasteiger partial charge in [0.25, 0.3) is 0 Å². The van der Waals surface area contributed by atoms with E-state index in [1.807, 2.05) is 24.3 Å². The van der Waals surface area contributed by atoms with Crippen molar-refractivity contribution in [2.75, 3.05) is 12.8 Å². The molecule has 3 nitrogen and oxygen atoms in total. The van der Waals surface area contributed by atoms with Gasteiger partial charge < -0.3 is 10.4 Å². The summed E-state index contributed by atoms with van der Waals surface area (Å²) >= 11 is 0. The highest BCUT2D eigenvalue weighted by atomic mass is 32.2. The molecule has 2 N–H and O–H groups in total. The van der Waals surface area contributed by atoms with E-state index in [0.29, 0.717) is 18.7 Å². The molecule has 0 aliphatic rings. The maximum Gasteiger partial charge on any atom is 0.123 e. The van der Waals surface area contributed by atoms with Crippen LogP contribution in [0.5, 0.6) is 0 Å². The molecule has 5 heteroatoms. The van der Waals surface area contributed by atoms with E-state index in [1.165, 1.54) is 12.1 Å². The molecule has 0 fully saturated rings. The minimum Gasteiger partial charge on any atom is -0.384 e. The Labute approximate surface area is 132 Å². The normalized spacial score (nSPS) is 15.3. The van der Waals surface area contributed by atoms with Gasteiger partial charge in [0.2, 0.25) is 0 Å². The largest absolute Gasteiger partial charge is 0.384 e. The summed E-state index contributed by atoms with van der Waals surface area (Å²) in [4.78, 5) is 0.794. The topological polar surface area (TPSA) is 49.3 Å². The van der Waals surface area contributed by atoms with E-state index >= 15 is 0 Å². The first-order valence-corrected chi connectivity index (χ1v) is 8.56. The number of hydrogen-bond acceptors (Lipinski definition) is 3. The van der Waals surface area contributed by atoms with E-state index in [0.717, 1.165) is 10.5 Å². The molecule has 118 valence electrons. The van der Waals surface area contributed by atoms with E-state index in [4.69, 9.17) is 0 Å². The highest BCUT2D eigenvalue weighted by Gasteiger charge is 2.22. The van der Waals surface area contributed by atoms with Gasteiger partial charge in [-0.15, -0.1) is 0 Å². The average Bonchev–Trinajstić information content (AvgIpc) is 2.48. The van der Waals surface area contributed by atoms with Gasteiger partial charge in [-0.3, -0.25) is 4.21 Å². The van der Waals surface area contributed by atoms with E-state index in [-0.39, 0.29) is 5.82 Å². The van der Waals surface area contributed by atoms with Crippen molar-refractivity contribution in [1.82, 2.24) is 5.32 Å². The Bertz CT molecular complexity index is 639. The van der Waals surface area contributed by atoms with E-state index in [2.05, 4.69) is 5.32 Å². The average molecular weight is 321 g/mol. The van der Waals surface area contributed by atoms with Crippen LogP contribution < -0.4 is 5.32 Å². The van der Waals surface area contributed by atoms with Crippen LogP contribution in [0.1, 0.15) is 18.1 Å². The predicted molar refractivity (Wildman–Crippen MR) is 86.5 cm³/mol. The van der Waals surface area contributed by atoms with Gasteiger partial charge in [-0.05, 0) is 42.3 Å². The second-order valence-electron chi connectivity index (χ2n) is 5.48. The van der Waals surface area contributed by atoms with Crippen LogP contribution in [0.4, 0.5) is 4.39 Å². The maximum atomic E-state index is 12.9. The van der Waals surface area contributed by atoms with Crippen molar-refractivity contribution in [1.29, 1.82) is 0 Å². The Hall–Kier alpha value is -1.56. The zero-order valence-electron chi connectivity index (χ0n) is 12.7. The first-order chi connectivity index (χ1) is 10.4. The van der Waals surface area contributed by atoms with E-state index in [9.17, 15) is 13.7 Å². The molecule has 0 aliphatic heterocycles. The van der Waals surface area contributed by atoms with Crippen LogP contribution in [-0.4, -0.2) is 22.1 Å². The molecule has 0 saturated heterocycles. The van der Waals surface area contributed by atoms with Gasteiger partial charge >= 0.3 is 0 Å². The standard InChI is InChI=1S/C17H20FNO2S/c1-17(20,14-5-7-15(18)8-6-14)12-19-11-13-3-9-16(10-4-13)22(2)21/h3-10,19-20H,11-12H2,1-2H3. The van der Waals surface area contributed by atoms with Crippen LogP contribution in [0.15, 0.2) is 53.4 Å². The molecule has 2 rings (SSSR count). The van der Waals surface area contributed by atoms with Gasteiger partial charge in [0.15, 0.2) is 0 Å². The molecule has 0 heterocycles.